The van der Waals surface area contributed by atoms with Crippen LogP contribution in [0.4, 0.5) is 20.2 Å². The molecule has 3 rings (SSSR count). The van der Waals surface area contributed by atoms with Crippen LogP contribution >= 0.6 is 0 Å². The van der Waals surface area contributed by atoms with Crippen molar-refractivity contribution in [1.29, 1.82) is 0 Å². The Morgan fingerprint density at radius 2 is 2.04 bits per heavy atom. The summed E-state index contributed by atoms with van der Waals surface area (Å²) in [6.45, 7) is -1.47. The molecule has 26 heavy (non-hydrogen) atoms. The molecule has 0 atom stereocenters. The van der Waals surface area contributed by atoms with E-state index in [0.29, 0.717) is 11.5 Å². The van der Waals surface area contributed by atoms with Gasteiger partial charge < -0.3 is 20.2 Å². The van der Waals surface area contributed by atoms with Crippen LogP contribution in [0.5, 0.6) is 5.75 Å². The molecule has 0 aliphatic carbocycles. The monoisotopic (exact) mass is 362 g/mol. The van der Waals surface area contributed by atoms with Crippen LogP contribution in [-0.4, -0.2) is 32.9 Å². The van der Waals surface area contributed by atoms with Gasteiger partial charge in [0.15, 0.2) is 5.69 Å². The Morgan fingerprint density at radius 3 is 2.69 bits per heavy atom. The Hall–Kier alpha value is -3.63. The standard InChI is InChI=1S/C15H12F2N6O3/c1-7-21-23-14(25-7)8-2-3-9(11(6-8)26-15(16)17)20-10-4-5-19-22-12(10)13(18)24/h2-6,15H,1H3,(H2,18,24)(H,19,20). The average molecular weight is 362 g/mol. The molecular formula is C15H12F2N6O3. The molecule has 0 spiro atoms. The molecule has 3 N–H and O–H groups in total. The predicted octanol–water partition coefficient (Wildman–Crippen LogP) is 2.28. The van der Waals surface area contributed by atoms with Crippen LogP contribution in [-0.2, 0) is 0 Å². The molecular weight excluding hydrogens is 350 g/mol. The van der Waals surface area contributed by atoms with E-state index in [4.69, 9.17) is 10.2 Å². The lowest BCUT2D eigenvalue weighted by Crippen LogP contribution is -2.16. The third-order valence-electron chi connectivity index (χ3n) is 3.19. The number of ether oxygens (including phenoxy) is 1. The van der Waals surface area contributed by atoms with Crippen LogP contribution in [0.25, 0.3) is 11.5 Å². The first kappa shape index (κ1) is 17.2. The van der Waals surface area contributed by atoms with Gasteiger partial charge in [-0.25, -0.2) is 0 Å². The SMILES string of the molecule is Cc1nnc(-c2ccc(Nc3ccnnc3C(N)=O)c(OC(F)F)c2)o1. The summed E-state index contributed by atoms with van der Waals surface area (Å²) in [5.41, 5.74) is 5.81. The normalized spacial score (nSPS) is 10.8. The summed E-state index contributed by atoms with van der Waals surface area (Å²) < 4.78 is 35.4. The Kier molecular flexibility index (Phi) is 4.69. The molecule has 0 aliphatic heterocycles. The van der Waals surface area contributed by atoms with Gasteiger partial charge >= 0.3 is 6.61 Å². The highest BCUT2D eigenvalue weighted by atomic mass is 19.3. The van der Waals surface area contributed by atoms with Crippen molar-refractivity contribution in [2.24, 2.45) is 5.73 Å². The van der Waals surface area contributed by atoms with Crippen molar-refractivity contribution in [1.82, 2.24) is 20.4 Å². The smallest absolute Gasteiger partial charge is 0.387 e. The number of benzene rings is 1. The number of nitrogens with one attached hydrogen (secondary N) is 1. The summed E-state index contributed by atoms with van der Waals surface area (Å²) in [5.74, 6) is -0.542. The van der Waals surface area contributed by atoms with Crippen molar-refractivity contribution < 1.29 is 22.7 Å². The van der Waals surface area contributed by atoms with E-state index in [-0.39, 0.29) is 28.7 Å². The van der Waals surface area contributed by atoms with Gasteiger partial charge in [-0.1, -0.05) is 0 Å². The maximum Gasteiger partial charge on any atom is 0.387 e. The number of hydrogen-bond acceptors (Lipinski definition) is 8. The molecule has 2 heterocycles. The first-order chi connectivity index (χ1) is 12.4. The molecule has 1 aromatic carbocycles. The Morgan fingerprint density at radius 1 is 1.23 bits per heavy atom. The Labute approximate surface area is 145 Å². The van der Waals surface area contributed by atoms with Crippen molar-refractivity contribution in [3.05, 3.63) is 42.0 Å². The first-order valence-corrected chi connectivity index (χ1v) is 7.22. The number of halogens is 2. The fraction of sp³-hybridized carbons (Fsp3) is 0.133. The molecule has 3 aromatic rings. The van der Waals surface area contributed by atoms with Gasteiger partial charge in [0.1, 0.15) is 5.75 Å². The number of carbonyl (C=O) groups excluding carboxylic acids is 1. The Bertz CT molecular complexity index is 947. The summed E-state index contributed by atoms with van der Waals surface area (Å²) in [5, 5.41) is 17.5. The second-order valence-corrected chi connectivity index (χ2v) is 5.00. The maximum absolute atomic E-state index is 12.8. The first-order valence-electron chi connectivity index (χ1n) is 7.22. The van der Waals surface area contributed by atoms with Crippen molar-refractivity contribution >= 4 is 17.3 Å². The van der Waals surface area contributed by atoms with Crippen molar-refractivity contribution in [3.8, 4) is 17.2 Å². The number of amides is 1. The van der Waals surface area contributed by atoms with Gasteiger partial charge in [-0.05, 0) is 24.3 Å². The second kappa shape index (κ2) is 7.09. The topological polar surface area (TPSA) is 129 Å². The third kappa shape index (κ3) is 3.71. The highest BCUT2D eigenvalue weighted by molar-refractivity contribution is 5.97. The summed E-state index contributed by atoms with van der Waals surface area (Å²) in [4.78, 5) is 11.4. The Balaban J connectivity index is 2.00. The lowest BCUT2D eigenvalue weighted by Gasteiger charge is -2.14. The fourth-order valence-electron chi connectivity index (χ4n) is 2.13. The molecule has 2 aromatic heterocycles. The number of nitrogens with zero attached hydrogens (tertiary/aromatic N) is 4. The molecule has 1 amide bonds. The number of alkyl halides is 2. The van der Waals surface area contributed by atoms with Gasteiger partial charge in [0.2, 0.25) is 11.8 Å². The van der Waals surface area contributed by atoms with Crippen molar-refractivity contribution in [2.75, 3.05) is 5.32 Å². The molecule has 134 valence electrons. The summed E-state index contributed by atoms with van der Waals surface area (Å²) in [6, 6.07) is 5.75. The molecule has 0 aliphatic rings. The number of anilines is 2. The highest BCUT2D eigenvalue weighted by Gasteiger charge is 2.17. The number of aromatic nitrogens is 4. The molecule has 0 fully saturated rings. The highest BCUT2D eigenvalue weighted by Crippen LogP contribution is 2.34. The molecule has 0 unspecified atom stereocenters. The molecule has 0 radical (unpaired) electrons. The fourth-order valence-corrected chi connectivity index (χ4v) is 2.13. The number of aryl methyl sites for hydroxylation is 1. The van der Waals surface area contributed by atoms with E-state index >= 15 is 0 Å². The zero-order valence-corrected chi connectivity index (χ0v) is 13.3. The molecule has 0 saturated heterocycles. The zero-order valence-electron chi connectivity index (χ0n) is 13.3. The van der Waals surface area contributed by atoms with Crippen LogP contribution in [0.3, 0.4) is 0 Å². The van der Waals surface area contributed by atoms with E-state index in [1.165, 1.54) is 24.4 Å². The minimum Gasteiger partial charge on any atom is -0.433 e. The lowest BCUT2D eigenvalue weighted by atomic mass is 10.1. The van der Waals surface area contributed by atoms with E-state index in [0.717, 1.165) is 0 Å². The molecule has 0 saturated carbocycles. The van der Waals surface area contributed by atoms with Crippen molar-refractivity contribution in [3.63, 3.8) is 0 Å². The second-order valence-electron chi connectivity index (χ2n) is 5.00. The number of rotatable bonds is 6. The molecule has 9 nitrogen and oxygen atoms in total. The average Bonchev–Trinajstić information content (AvgIpc) is 3.02. The quantitative estimate of drug-likeness (QED) is 0.683. The van der Waals surface area contributed by atoms with E-state index in [9.17, 15) is 13.6 Å². The van der Waals surface area contributed by atoms with Crippen LogP contribution in [0.2, 0.25) is 0 Å². The number of nitrogens with two attached hydrogens (primary N) is 1. The van der Waals surface area contributed by atoms with Gasteiger partial charge in [-0.15, -0.1) is 15.3 Å². The number of carbonyl (C=O) groups is 1. The predicted molar refractivity (Wildman–Crippen MR) is 84.9 cm³/mol. The van der Waals surface area contributed by atoms with Crippen LogP contribution in [0.1, 0.15) is 16.4 Å². The van der Waals surface area contributed by atoms with Crippen LogP contribution < -0.4 is 15.8 Å². The number of primary amides is 1. The maximum atomic E-state index is 12.8. The van der Waals surface area contributed by atoms with Crippen molar-refractivity contribution in [2.45, 2.75) is 13.5 Å². The minimum absolute atomic E-state index is 0.146. The zero-order chi connectivity index (χ0) is 18.7. The van der Waals surface area contributed by atoms with Gasteiger partial charge in [0.25, 0.3) is 5.91 Å². The summed E-state index contributed by atoms with van der Waals surface area (Å²) in [7, 11) is 0. The van der Waals surface area contributed by atoms with Gasteiger partial charge in [0.05, 0.1) is 17.6 Å². The molecule has 0 bridgehead atoms. The number of hydrogen-bond donors (Lipinski definition) is 2. The van der Waals surface area contributed by atoms with Crippen LogP contribution in [0, 0.1) is 6.92 Å². The van der Waals surface area contributed by atoms with Gasteiger partial charge in [-0.3, -0.25) is 4.79 Å². The largest absolute Gasteiger partial charge is 0.433 e. The van der Waals surface area contributed by atoms with E-state index < -0.39 is 12.5 Å². The van der Waals surface area contributed by atoms with Crippen LogP contribution in [0.15, 0.2) is 34.9 Å². The van der Waals surface area contributed by atoms with E-state index in [1.54, 1.807) is 13.0 Å². The minimum atomic E-state index is -3.07. The summed E-state index contributed by atoms with van der Waals surface area (Å²) >= 11 is 0. The molecule has 11 heteroatoms. The third-order valence-corrected chi connectivity index (χ3v) is 3.19. The van der Waals surface area contributed by atoms with Gasteiger partial charge in [0, 0.05) is 12.5 Å². The lowest BCUT2D eigenvalue weighted by molar-refractivity contribution is -0.0493. The van der Waals surface area contributed by atoms with Gasteiger partial charge in [-0.2, -0.15) is 13.9 Å². The summed E-state index contributed by atoms with van der Waals surface area (Å²) in [6.07, 6.45) is 1.32. The van der Waals surface area contributed by atoms with E-state index in [1.807, 2.05) is 0 Å². The van der Waals surface area contributed by atoms with E-state index in [2.05, 4.69) is 30.4 Å².